The summed E-state index contributed by atoms with van der Waals surface area (Å²) < 4.78 is 0. The van der Waals surface area contributed by atoms with Crippen molar-refractivity contribution in [3.63, 3.8) is 0 Å². The van der Waals surface area contributed by atoms with Crippen LogP contribution in [0.2, 0.25) is 0 Å². The van der Waals surface area contributed by atoms with E-state index in [1.165, 1.54) is 173 Å². The van der Waals surface area contributed by atoms with Crippen LogP contribution in [0.4, 0.5) is 0 Å². The van der Waals surface area contributed by atoms with Crippen molar-refractivity contribution in [2.45, 2.75) is 270 Å². The van der Waals surface area contributed by atoms with Crippen LogP contribution in [0, 0.1) is 0 Å². The van der Waals surface area contributed by atoms with E-state index in [9.17, 15) is 20.1 Å². The number of nitrogens with one attached hydrogen (secondary N) is 1. The van der Waals surface area contributed by atoms with Gasteiger partial charge in [-0.1, -0.05) is 231 Å². The van der Waals surface area contributed by atoms with Crippen LogP contribution in [-0.2, 0) is 4.79 Å². The van der Waals surface area contributed by atoms with Crippen molar-refractivity contribution in [2.24, 2.45) is 0 Å². The quantitative estimate of drug-likeness (QED) is 0.0369. The second-order valence-corrected chi connectivity index (χ2v) is 16.3. The number of unbranched alkanes of at least 4 members (excludes halogenated alkanes) is 31. The van der Waals surface area contributed by atoms with Gasteiger partial charge in [0.15, 0.2) is 0 Å². The topological polar surface area (TPSA) is 89.8 Å². The third-order valence-corrected chi connectivity index (χ3v) is 11.1. The lowest BCUT2D eigenvalue weighted by molar-refractivity contribution is -0.124. The Hall–Kier alpha value is -1.17. The Balaban J connectivity index is 3.57. The molecule has 5 nitrogen and oxygen atoms in total. The van der Waals surface area contributed by atoms with E-state index in [-0.39, 0.29) is 12.5 Å². The Morgan fingerprint density at radius 2 is 0.868 bits per heavy atom. The molecule has 0 aromatic heterocycles. The van der Waals surface area contributed by atoms with E-state index in [0.29, 0.717) is 12.8 Å². The van der Waals surface area contributed by atoms with Gasteiger partial charge in [0, 0.05) is 6.42 Å². The molecular formula is C48H93NO4. The van der Waals surface area contributed by atoms with E-state index in [2.05, 4.69) is 43.5 Å². The maximum atomic E-state index is 12.5. The predicted molar refractivity (Wildman–Crippen MR) is 231 cm³/mol. The van der Waals surface area contributed by atoms with Crippen molar-refractivity contribution in [1.29, 1.82) is 0 Å². The van der Waals surface area contributed by atoms with E-state index in [1.54, 1.807) is 0 Å². The maximum absolute atomic E-state index is 12.5. The highest BCUT2D eigenvalue weighted by molar-refractivity contribution is 5.76. The van der Waals surface area contributed by atoms with Crippen molar-refractivity contribution in [3.8, 4) is 0 Å². The molecule has 314 valence electrons. The number of rotatable bonds is 43. The lowest BCUT2D eigenvalue weighted by atomic mass is 9.99. The van der Waals surface area contributed by atoms with Crippen LogP contribution < -0.4 is 5.32 Å². The van der Waals surface area contributed by atoms with Gasteiger partial charge in [-0.3, -0.25) is 4.79 Å². The third kappa shape index (κ3) is 38.9. The first-order valence-corrected chi connectivity index (χ1v) is 23.6. The average Bonchev–Trinajstić information content (AvgIpc) is 3.16. The summed E-state index contributed by atoms with van der Waals surface area (Å²) in [6.07, 6.45) is 52.9. The largest absolute Gasteiger partial charge is 0.394 e. The maximum Gasteiger partial charge on any atom is 0.220 e. The Morgan fingerprint density at radius 3 is 1.28 bits per heavy atom. The minimum Gasteiger partial charge on any atom is -0.394 e. The smallest absolute Gasteiger partial charge is 0.220 e. The predicted octanol–water partition coefficient (Wildman–Crippen LogP) is 13.8. The summed E-state index contributed by atoms with van der Waals surface area (Å²) in [6.45, 7) is 4.10. The normalized spacial score (nSPS) is 13.7. The highest BCUT2D eigenvalue weighted by Crippen LogP contribution is 2.17. The fraction of sp³-hybridized carbons (Fsp3) is 0.896. The lowest BCUT2D eigenvalue weighted by Gasteiger charge is -2.26. The van der Waals surface area contributed by atoms with Crippen LogP contribution in [0.1, 0.15) is 251 Å². The van der Waals surface area contributed by atoms with E-state index < -0.39 is 18.2 Å². The van der Waals surface area contributed by atoms with E-state index >= 15 is 0 Å². The van der Waals surface area contributed by atoms with E-state index in [0.717, 1.165) is 51.4 Å². The molecule has 0 aromatic rings. The van der Waals surface area contributed by atoms with Gasteiger partial charge in [-0.25, -0.2) is 0 Å². The summed E-state index contributed by atoms with van der Waals surface area (Å²) >= 11 is 0. The Morgan fingerprint density at radius 1 is 0.491 bits per heavy atom. The van der Waals surface area contributed by atoms with Gasteiger partial charge in [-0.05, 0) is 38.5 Å². The van der Waals surface area contributed by atoms with Crippen LogP contribution in [0.5, 0.6) is 0 Å². The molecule has 3 unspecified atom stereocenters. The fourth-order valence-electron chi connectivity index (χ4n) is 7.44. The molecule has 0 aliphatic carbocycles. The van der Waals surface area contributed by atoms with Crippen molar-refractivity contribution in [3.05, 3.63) is 24.3 Å². The molecule has 0 aliphatic rings. The molecule has 0 fully saturated rings. The molecule has 0 spiro atoms. The molecule has 0 saturated heterocycles. The average molecular weight is 748 g/mol. The van der Waals surface area contributed by atoms with Crippen LogP contribution in [-0.4, -0.2) is 46.1 Å². The zero-order valence-electron chi connectivity index (χ0n) is 35.7. The first-order valence-electron chi connectivity index (χ1n) is 23.6. The Labute approximate surface area is 331 Å². The number of amides is 1. The second kappa shape index (κ2) is 43.6. The van der Waals surface area contributed by atoms with Crippen LogP contribution >= 0.6 is 0 Å². The van der Waals surface area contributed by atoms with Crippen LogP contribution in [0.15, 0.2) is 24.3 Å². The molecule has 0 saturated carbocycles. The minimum absolute atomic E-state index is 0.143. The number of aliphatic hydroxyl groups excluding tert-OH is 3. The third-order valence-electron chi connectivity index (χ3n) is 11.1. The van der Waals surface area contributed by atoms with Crippen molar-refractivity contribution in [1.82, 2.24) is 5.32 Å². The lowest BCUT2D eigenvalue weighted by Crippen LogP contribution is -2.50. The van der Waals surface area contributed by atoms with E-state index in [4.69, 9.17) is 0 Å². The zero-order valence-corrected chi connectivity index (χ0v) is 35.7. The van der Waals surface area contributed by atoms with Crippen molar-refractivity contribution in [2.75, 3.05) is 6.61 Å². The van der Waals surface area contributed by atoms with Gasteiger partial charge in [-0.2, -0.15) is 0 Å². The van der Waals surface area contributed by atoms with Gasteiger partial charge >= 0.3 is 0 Å². The van der Waals surface area contributed by atoms with Gasteiger partial charge < -0.3 is 20.6 Å². The van der Waals surface area contributed by atoms with Gasteiger partial charge in [-0.15, -0.1) is 0 Å². The molecule has 0 aromatic carbocycles. The summed E-state index contributed by atoms with van der Waals surface area (Å²) in [7, 11) is 0. The number of hydrogen-bond acceptors (Lipinski definition) is 4. The molecule has 0 heterocycles. The summed E-state index contributed by atoms with van der Waals surface area (Å²) in [5.74, 6) is -0.143. The molecule has 0 rings (SSSR count). The second-order valence-electron chi connectivity index (χ2n) is 16.3. The number of carbonyl (C=O) groups excluding carboxylic acids is 1. The minimum atomic E-state index is -1.13. The molecular weight excluding hydrogens is 655 g/mol. The van der Waals surface area contributed by atoms with Gasteiger partial charge in [0.25, 0.3) is 0 Å². The van der Waals surface area contributed by atoms with Crippen molar-refractivity contribution < 1.29 is 20.1 Å². The summed E-state index contributed by atoms with van der Waals surface area (Å²) in [6, 6.07) is -0.807. The molecule has 5 heteroatoms. The zero-order chi connectivity index (χ0) is 38.7. The highest BCUT2D eigenvalue weighted by atomic mass is 16.3. The molecule has 53 heavy (non-hydrogen) atoms. The Bertz CT molecular complexity index is 784. The monoisotopic (exact) mass is 748 g/mol. The van der Waals surface area contributed by atoms with Gasteiger partial charge in [0.2, 0.25) is 5.91 Å². The highest BCUT2D eigenvalue weighted by Gasteiger charge is 2.26. The summed E-state index contributed by atoms with van der Waals surface area (Å²) in [5, 5.41) is 33.6. The number of hydrogen-bond donors (Lipinski definition) is 4. The number of allylic oxidation sites excluding steroid dienone is 4. The van der Waals surface area contributed by atoms with Gasteiger partial charge in [0.1, 0.15) is 6.10 Å². The number of carbonyl (C=O) groups is 1. The first kappa shape index (κ1) is 51.8. The molecule has 0 radical (unpaired) electrons. The van der Waals surface area contributed by atoms with E-state index in [1.807, 2.05) is 0 Å². The molecule has 0 aliphatic heterocycles. The molecule has 3 atom stereocenters. The summed E-state index contributed by atoms with van der Waals surface area (Å²) in [5.41, 5.74) is 0. The number of aliphatic hydroxyl groups is 3. The van der Waals surface area contributed by atoms with Crippen molar-refractivity contribution >= 4 is 5.91 Å². The SMILES string of the molecule is CC/C=C\C/C=C\CCCCCCCCCCCCCCCCC(=O)NC(CO)C(O)C(O)CCCCCCCCCCCCCCCCCCCC. The standard InChI is InChI=1S/C48H93NO4/c1-3-5-7-9-11-13-15-17-19-21-23-24-25-27-29-31-33-35-37-39-41-43-47(52)49-45(44-50)48(53)46(51)42-40-38-36-34-32-30-28-26-22-20-18-16-14-12-10-8-6-4-2/h5,7,11,13,45-46,48,50-51,53H,3-4,6,8-10,12,14-44H2,1-2H3,(H,49,52)/b7-5-,13-11-. The summed E-state index contributed by atoms with van der Waals surface area (Å²) in [4.78, 5) is 12.5. The van der Waals surface area contributed by atoms with Crippen LogP contribution in [0.25, 0.3) is 0 Å². The Kier molecular flexibility index (Phi) is 42.6. The first-order chi connectivity index (χ1) is 26.1. The van der Waals surface area contributed by atoms with Gasteiger partial charge in [0.05, 0.1) is 18.8 Å². The molecule has 4 N–H and O–H groups in total. The molecule has 0 bridgehead atoms. The fourth-order valence-corrected chi connectivity index (χ4v) is 7.44. The van der Waals surface area contributed by atoms with Crippen LogP contribution in [0.3, 0.4) is 0 Å². The molecule has 1 amide bonds.